The number of ether oxygens (including phenoxy) is 2. The summed E-state index contributed by atoms with van der Waals surface area (Å²) in [6.07, 6.45) is 3.29. The van der Waals surface area contributed by atoms with Crippen molar-refractivity contribution in [3.8, 4) is 5.75 Å². The van der Waals surface area contributed by atoms with E-state index >= 15 is 0 Å². The molecule has 0 aliphatic heterocycles. The molecule has 138 valence electrons. The molecule has 1 aliphatic rings. The highest BCUT2D eigenvalue weighted by atomic mass is 35.5. The molecule has 1 aromatic rings. The SMILES string of the molecule is Cc1cc(OCC(=O)OCC(=O)N[C@H]2CCC[C@@H](C)[C@H]2C)ccc1Cl. The Labute approximate surface area is 154 Å². The molecular formula is C19H26ClNO4. The molecule has 0 aromatic heterocycles. The fourth-order valence-electron chi connectivity index (χ4n) is 3.07. The van der Waals surface area contributed by atoms with Crippen LogP contribution in [-0.4, -0.2) is 31.1 Å². The molecule has 1 aromatic carbocycles. The Hall–Kier alpha value is -1.75. The molecule has 1 fully saturated rings. The van der Waals surface area contributed by atoms with Crippen molar-refractivity contribution in [1.29, 1.82) is 0 Å². The Balaban J connectivity index is 1.70. The summed E-state index contributed by atoms with van der Waals surface area (Å²) in [5.74, 6) is 0.727. The summed E-state index contributed by atoms with van der Waals surface area (Å²) in [5, 5.41) is 3.61. The maximum Gasteiger partial charge on any atom is 0.344 e. The lowest BCUT2D eigenvalue weighted by atomic mass is 9.78. The summed E-state index contributed by atoms with van der Waals surface area (Å²) in [4.78, 5) is 23.7. The number of aryl methyl sites for hydroxylation is 1. The topological polar surface area (TPSA) is 64.6 Å². The number of hydrogen-bond donors (Lipinski definition) is 1. The van der Waals surface area contributed by atoms with Gasteiger partial charge in [-0.1, -0.05) is 38.3 Å². The first-order valence-corrected chi connectivity index (χ1v) is 9.08. The molecule has 1 N–H and O–H groups in total. The van der Waals surface area contributed by atoms with Crippen LogP contribution < -0.4 is 10.1 Å². The molecule has 5 nitrogen and oxygen atoms in total. The Morgan fingerprint density at radius 3 is 2.72 bits per heavy atom. The normalized spacial score (nSPS) is 23.0. The summed E-state index contributed by atoms with van der Waals surface area (Å²) in [7, 11) is 0. The van der Waals surface area contributed by atoms with E-state index in [1.807, 2.05) is 6.92 Å². The molecule has 0 heterocycles. The Morgan fingerprint density at radius 2 is 2.00 bits per heavy atom. The van der Waals surface area contributed by atoms with Crippen molar-refractivity contribution in [1.82, 2.24) is 5.32 Å². The van der Waals surface area contributed by atoms with Crippen molar-refractivity contribution >= 4 is 23.5 Å². The van der Waals surface area contributed by atoms with Crippen LogP contribution in [0.15, 0.2) is 18.2 Å². The van der Waals surface area contributed by atoms with E-state index < -0.39 is 5.97 Å². The van der Waals surface area contributed by atoms with Crippen molar-refractivity contribution in [2.24, 2.45) is 11.8 Å². The summed E-state index contributed by atoms with van der Waals surface area (Å²) in [6, 6.07) is 5.29. The lowest BCUT2D eigenvalue weighted by molar-refractivity contribution is -0.150. The van der Waals surface area contributed by atoms with Crippen molar-refractivity contribution < 1.29 is 19.1 Å². The Kier molecular flexibility index (Phi) is 7.12. The van der Waals surface area contributed by atoms with Crippen LogP contribution in [0.25, 0.3) is 0 Å². The van der Waals surface area contributed by atoms with Crippen LogP contribution in [0.4, 0.5) is 0 Å². The van der Waals surface area contributed by atoms with Gasteiger partial charge in [-0.15, -0.1) is 0 Å². The smallest absolute Gasteiger partial charge is 0.344 e. The fraction of sp³-hybridized carbons (Fsp3) is 0.579. The number of esters is 1. The van der Waals surface area contributed by atoms with Crippen LogP contribution in [0.3, 0.4) is 0 Å². The lowest BCUT2D eigenvalue weighted by Crippen LogP contribution is -2.45. The zero-order chi connectivity index (χ0) is 18.4. The van der Waals surface area contributed by atoms with Crippen molar-refractivity contribution in [3.63, 3.8) is 0 Å². The highest BCUT2D eigenvalue weighted by Gasteiger charge is 2.28. The summed E-state index contributed by atoms with van der Waals surface area (Å²) in [6.45, 7) is 5.69. The second-order valence-electron chi connectivity index (χ2n) is 6.80. The van der Waals surface area contributed by atoms with E-state index in [1.165, 1.54) is 6.42 Å². The molecule has 2 rings (SSSR count). The van der Waals surface area contributed by atoms with Gasteiger partial charge in [-0.2, -0.15) is 0 Å². The second kappa shape index (κ2) is 9.09. The highest BCUT2D eigenvalue weighted by Crippen LogP contribution is 2.29. The molecule has 3 atom stereocenters. The predicted molar refractivity (Wildman–Crippen MR) is 96.8 cm³/mol. The van der Waals surface area contributed by atoms with Gasteiger partial charge in [-0.3, -0.25) is 4.79 Å². The number of amides is 1. The second-order valence-corrected chi connectivity index (χ2v) is 7.21. The minimum absolute atomic E-state index is 0.156. The molecule has 1 aliphatic carbocycles. The van der Waals surface area contributed by atoms with E-state index in [0.717, 1.165) is 18.4 Å². The van der Waals surface area contributed by atoms with E-state index in [2.05, 4.69) is 19.2 Å². The van der Waals surface area contributed by atoms with Crippen LogP contribution in [0.5, 0.6) is 5.75 Å². The van der Waals surface area contributed by atoms with Crippen LogP contribution in [0, 0.1) is 18.8 Å². The molecule has 0 radical (unpaired) electrons. The Bertz CT molecular complexity index is 619. The van der Waals surface area contributed by atoms with Gasteiger partial charge in [-0.05, 0) is 48.9 Å². The van der Waals surface area contributed by atoms with Crippen LogP contribution in [-0.2, 0) is 14.3 Å². The molecule has 0 spiro atoms. The van der Waals surface area contributed by atoms with Crippen LogP contribution in [0.2, 0.25) is 5.02 Å². The number of hydrogen-bond acceptors (Lipinski definition) is 4. The van der Waals surface area contributed by atoms with Gasteiger partial charge >= 0.3 is 5.97 Å². The van der Waals surface area contributed by atoms with E-state index in [-0.39, 0.29) is 25.2 Å². The third kappa shape index (κ3) is 5.92. The number of halogens is 1. The van der Waals surface area contributed by atoms with Gasteiger partial charge in [0.25, 0.3) is 5.91 Å². The van der Waals surface area contributed by atoms with E-state index in [4.69, 9.17) is 21.1 Å². The average molecular weight is 368 g/mol. The quantitative estimate of drug-likeness (QED) is 0.781. The first-order valence-electron chi connectivity index (χ1n) is 8.70. The summed E-state index contributed by atoms with van der Waals surface area (Å²) >= 11 is 5.94. The van der Waals surface area contributed by atoms with Gasteiger partial charge in [-0.25, -0.2) is 4.79 Å². The summed E-state index contributed by atoms with van der Waals surface area (Å²) in [5.41, 5.74) is 0.864. The molecule has 0 bridgehead atoms. The summed E-state index contributed by atoms with van der Waals surface area (Å²) < 4.78 is 10.3. The number of rotatable bonds is 6. The van der Waals surface area contributed by atoms with Gasteiger partial charge in [0, 0.05) is 11.1 Å². The van der Waals surface area contributed by atoms with Crippen molar-refractivity contribution in [2.45, 2.75) is 46.1 Å². The van der Waals surface area contributed by atoms with Crippen molar-refractivity contribution in [3.05, 3.63) is 28.8 Å². The maximum absolute atomic E-state index is 12.0. The van der Waals surface area contributed by atoms with Gasteiger partial charge < -0.3 is 14.8 Å². The third-order valence-corrected chi connectivity index (χ3v) is 5.33. The molecule has 25 heavy (non-hydrogen) atoms. The molecule has 0 saturated heterocycles. The van der Waals surface area contributed by atoms with Gasteiger partial charge in [0.1, 0.15) is 5.75 Å². The van der Waals surface area contributed by atoms with Crippen molar-refractivity contribution in [2.75, 3.05) is 13.2 Å². The zero-order valence-corrected chi connectivity index (χ0v) is 15.8. The fourth-order valence-corrected chi connectivity index (χ4v) is 3.19. The van der Waals surface area contributed by atoms with Gasteiger partial charge in [0.2, 0.25) is 0 Å². The largest absolute Gasteiger partial charge is 0.482 e. The Morgan fingerprint density at radius 1 is 1.24 bits per heavy atom. The number of carbonyl (C=O) groups excluding carboxylic acids is 2. The van der Waals surface area contributed by atoms with Crippen LogP contribution in [0.1, 0.15) is 38.7 Å². The minimum atomic E-state index is -0.576. The monoisotopic (exact) mass is 367 g/mol. The standard InChI is InChI=1S/C19H26ClNO4/c1-12-5-4-6-17(14(12)3)21-18(22)10-25-19(23)11-24-15-7-8-16(20)13(2)9-15/h7-9,12,14,17H,4-6,10-11H2,1-3H3,(H,21,22)/t12-,14-,17+/m1/s1. The lowest BCUT2D eigenvalue weighted by Gasteiger charge is -2.34. The first kappa shape index (κ1) is 19.6. The predicted octanol–water partition coefficient (Wildman–Crippen LogP) is 3.51. The number of benzene rings is 1. The van der Waals surface area contributed by atoms with Gasteiger partial charge in [0.15, 0.2) is 13.2 Å². The van der Waals surface area contributed by atoms with E-state index in [9.17, 15) is 9.59 Å². The molecule has 1 saturated carbocycles. The maximum atomic E-state index is 12.0. The van der Waals surface area contributed by atoms with E-state index in [0.29, 0.717) is 22.6 Å². The first-order chi connectivity index (χ1) is 11.9. The van der Waals surface area contributed by atoms with E-state index in [1.54, 1.807) is 18.2 Å². The zero-order valence-electron chi connectivity index (χ0n) is 15.0. The van der Waals surface area contributed by atoms with Gasteiger partial charge in [0.05, 0.1) is 0 Å². The molecular weight excluding hydrogens is 342 g/mol. The molecule has 1 amide bonds. The number of carbonyl (C=O) groups is 2. The molecule has 6 heteroatoms. The highest BCUT2D eigenvalue weighted by molar-refractivity contribution is 6.31. The van der Waals surface area contributed by atoms with Crippen LogP contribution >= 0.6 is 11.6 Å². The molecule has 0 unspecified atom stereocenters. The third-order valence-electron chi connectivity index (χ3n) is 4.90. The number of nitrogens with one attached hydrogen (secondary N) is 1. The average Bonchev–Trinajstić information content (AvgIpc) is 2.58. The minimum Gasteiger partial charge on any atom is -0.482 e.